The zero-order valence-electron chi connectivity index (χ0n) is 4.52. The van der Waals surface area contributed by atoms with E-state index in [0.29, 0.717) is 12.8 Å². The SMILES string of the molecule is C[C@H](O)CCCF. The monoisotopic (exact) mass is 106 g/mol. The van der Waals surface area contributed by atoms with Crippen LogP contribution in [0.4, 0.5) is 4.39 Å². The van der Waals surface area contributed by atoms with E-state index in [-0.39, 0.29) is 12.8 Å². The number of rotatable bonds is 3. The molecule has 0 aromatic carbocycles. The van der Waals surface area contributed by atoms with Crippen LogP contribution in [0.1, 0.15) is 19.8 Å². The van der Waals surface area contributed by atoms with Crippen LogP contribution >= 0.6 is 0 Å². The maximum Gasteiger partial charge on any atom is 0.0895 e. The summed E-state index contributed by atoms with van der Waals surface area (Å²) in [5, 5.41) is 8.52. The lowest BCUT2D eigenvalue weighted by Gasteiger charge is -1.97. The lowest BCUT2D eigenvalue weighted by Crippen LogP contribution is -1.98. The molecule has 1 nitrogen and oxygen atoms in total. The van der Waals surface area contributed by atoms with Crippen molar-refractivity contribution in [3.8, 4) is 0 Å². The first-order valence-electron chi connectivity index (χ1n) is 2.51. The van der Waals surface area contributed by atoms with Gasteiger partial charge < -0.3 is 5.11 Å². The molecular weight excluding hydrogens is 95.1 g/mol. The van der Waals surface area contributed by atoms with Crippen LogP contribution in [0.2, 0.25) is 0 Å². The fourth-order valence-corrected chi connectivity index (χ4v) is 0.373. The minimum atomic E-state index is -0.337. The summed E-state index contributed by atoms with van der Waals surface area (Å²) in [7, 11) is 0. The first-order chi connectivity index (χ1) is 3.27. The molecule has 1 N–H and O–H groups in total. The Morgan fingerprint density at radius 3 is 2.43 bits per heavy atom. The molecule has 0 spiro atoms. The van der Waals surface area contributed by atoms with E-state index in [4.69, 9.17) is 5.11 Å². The Bertz CT molecular complexity index is 37.1. The normalized spacial score (nSPS) is 14.1. The van der Waals surface area contributed by atoms with Gasteiger partial charge in [-0.05, 0) is 19.8 Å². The van der Waals surface area contributed by atoms with Gasteiger partial charge in [-0.1, -0.05) is 0 Å². The average molecular weight is 106 g/mol. The molecule has 0 unspecified atom stereocenters. The second-order valence-corrected chi connectivity index (χ2v) is 1.68. The van der Waals surface area contributed by atoms with Gasteiger partial charge in [-0.15, -0.1) is 0 Å². The van der Waals surface area contributed by atoms with Crippen molar-refractivity contribution >= 4 is 0 Å². The number of hydrogen-bond acceptors (Lipinski definition) is 1. The molecule has 0 fully saturated rings. The van der Waals surface area contributed by atoms with E-state index in [1.165, 1.54) is 0 Å². The molecule has 0 aromatic heterocycles. The van der Waals surface area contributed by atoms with Gasteiger partial charge in [0.2, 0.25) is 0 Å². The van der Waals surface area contributed by atoms with Crippen LogP contribution < -0.4 is 0 Å². The van der Waals surface area contributed by atoms with Gasteiger partial charge in [0.25, 0.3) is 0 Å². The van der Waals surface area contributed by atoms with Crippen molar-refractivity contribution in [1.82, 2.24) is 0 Å². The number of halogens is 1. The molecule has 0 rings (SSSR count). The molecule has 0 amide bonds. The zero-order chi connectivity index (χ0) is 5.70. The van der Waals surface area contributed by atoms with Gasteiger partial charge in [0.1, 0.15) is 0 Å². The summed E-state index contributed by atoms with van der Waals surface area (Å²) in [6.07, 6.45) is 0.726. The van der Waals surface area contributed by atoms with Gasteiger partial charge in [-0.2, -0.15) is 0 Å². The third-order valence-electron chi connectivity index (χ3n) is 0.756. The molecule has 0 aliphatic heterocycles. The number of aliphatic hydroxyl groups is 1. The molecule has 0 saturated heterocycles. The number of alkyl halides is 1. The molecule has 0 aliphatic rings. The highest BCUT2D eigenvalue weighted by atomic mass is 19.1. The van der Waals surface area contributed by atoms with Crippen LogP contribution in [0.25, 0.3) is 0 Å². The highest BCUT2D eigenvalue weighted by Crippen LogP contribution is 1.94. The molecule has 44 valence electrons. The second kappa shape index (κ2) is 4.06. The van der Waals surface area contributed by atoms with Crippen molar-refractivity contribution in [3.63, 3.8) is 0 Å². The Balaban J connectivity index is 2.68. The zero-order valence-corrected chi connectivity index (χ0v) is 4.52. The smallest absolute Gasteiger partial charge is 0.0895 e. The first kappa shape index (κ1) is 6.89. The standard InChI is InChI=1S/C5H11FO/c1-5(7)3-2-4-6/h5,7H,2-4H2,1H3/t5-/m0/s1. The predicted octanol–water partition coefficient (Wildman–Crippen LogP) is 1.12. The van der Waals surface area contributed by atoms with Gasteiger partial charge in [0.05, 0.1) is 12.8 Å². The van der Waals surface area contributed by atoms with Crippen LogP contribution in [-0.2, 0) is 0 Å². The topological polar surface area (TPSA) is 20.2 Å². The van der Waals surface area contributed by atoms with Crippen LogP contribution in [0.5, 0.6) is 0 Å². The molecule has 0 aliphatic carbocycles. The van der Waals surface area contributed by atoms with Crippen molar-refractivity contribution in [3.05, 3.63) is 0 Å². The summed E-state index contributed by atoms with van der Waals surface area (Å²) in [4.78, 5) is 0. The number of aliphatic hydroxyl groups excluding tert-OH is 1. The van der Waals surface area contributed by atoms with Crippen molar-refractivity contribution < 1.29 is 9.50 Å². The molecule has 0 saturated carbocycles. The van der Waals surface area contributed by atoms with E-state index < -0.39 is 0 Å². The summed E-state index contributed by atoms with van der Waals surface area (Å²) < 4.78 is 11.2. The van der Waals surface area contributed by atoms with Gasteiger partial charge >= 0.3 is 0 Å². The first-order valence-corrected chi connectivity index (χ1v) is 2.51. The van der Waals surface area contributed by atoms with Gasteiger partial charge in [0.15, 0.2) is 0 Å². The molecule has 0 radical (unpaired) electrons. The molecule has 0 heterocycles. The van der Waals surface area contributed by atoms with Crippen LogP contribution in [0.3, 0.4) is 0 Å². The van der Waals surface area contributed by atoms with Crippen LogP contribution in [0.15, 0.2) is 0 Å². The Kier molecular flexibility index (Phi) is 4.00. The van der Waals surface area contributed by atoms with E-state index in [1.54, 1.807) is 6.92 Å². The van der Waals surface area contributed by atoms with Gasteiger partial charge in [-0.25, -0.2) is 0 Å². The van der Waals surface area contributed by atoms with Crippen molar-refractivity contribution in [1.29, 1.82) is 0 Å². The summed E-state index contributed by atoms with van der Waals surface area (Å²) in [5.74, 6) is 0. The number of hydrogen-bond donors (Lipinski definition) is 1. The van der Waals surface area contributed by atoms with E-state index in [9.17, 15) is 4.39 Å². The molecular formula is C5H11FO. The molecule has 0 aromatic rings. The quantitative estimate of drug-likeness (QED) is 0.571. The van der Waals surface area contributed by atoms with Crippen molar-refractivity contribution in [2.45, 2.75) is 25.9 Å². The minimum Gasteiger partial charge on any atom is -0.393 e. The largest absolute Gasteiger partial charge is 0.393 e. The van der Waals surface area contributed by atoms with E-state index in [0.717, 1.165) is 0 Å². The van der Waals surface area contributed by atoms with Gasteiger partial charge in [0, 0.05) is 0 Å². The Morgan fingerprint density at radius 1 is 1.71 bits per heavy atom. The molecule has 7 heavy (non-hydrogen) atoms. The fourth-order valence-electron chi connectivity index (χ4n) is 0.373. The maximum atomic E-state index is 11.2. The second-order valence-electron chi connectivity index (χ2n) is 1.68. The third kappa shape index (κ3) is 5.89. The van der Waals surface area contributed by atoms with Crippen molar-refractivity contribution in [2.75, 3.05) is 6.67 Å². The Hall–Kier alpha value is -0.110. The van der Waals surface area contributed by atoms with E-state index in [1.807, 2.05) is 0 Å². The van der Waals surface area contributed by atoms with Crippen molar-refractivity contribution in [2.24, 2.45) is 0 Å². The predicted molar refractivity (Wildman–Crippen MR) is 26.9 cm³/mol. The van der Waals surface area contributed by atoms with Gasteiger partial charge in [-0.3, -0.25) is 4.39 Å². The molecule has 2 heteroatoms. The summed E-state index contributed by atoms with van der Waals surface area (Å²) >= 11 is 0. The lowest BCUT2D eigenvalue weighted by atomic mass is 10.2. The lowest BCUT2D eigenvalue weighted by molar-refractivity contribution is 0.177. The van der Waals surface area contributed by atoms with E-state index in [2.05, 4.69) is 0 Å². The Morgan fingerprint density at radius 2 is 2.29 bits per heavy atom. The average Bonchev–Trinajstić information content (AvgIpc) is 1.61. The third-order valence-corrected chi connectivity index (χ3v) is 0.756. The van der Waals surface area contributed by atoms with E-state index >= 15 is 0 Å². The summed E-state index contributed by atoms with van der Waals surface area (Å²) in [6.45, 7) is 1.35. The highest BCUT2D eigenvalue weighted by molar-refractivity contribution is 4.44. The highest BCUT2D eigenvalue weighted by Gasteiger charge is 1.91. The van der Waals surface area contributed by atoms with Crippen LogP contribution in [0, 0.1) is 0 Å². The van der Waals surface area contributed by atoms with Crippen LogP contribution in [-0.4, -0.2) is 17.9 Å². The Labute approximate surface area is 43.2 Å². The minimum absolute atomic E-state index is 0.315. The summed E-state index contributed by atoms with van der Waals surface area (Å²) in [5.41, 5.74) is 0. The summed E-state index contributed by atoms with van der Waals surface area (Å²) in [6, 6.07) is 0. The fraction of sp³-hybridized carbons (Fsp3) is 1.00. The maximum absolute atomic E-state index is 11.2. The molecule has 1 atom stereocenters. The molecule has 0 bridgehead atoms.